The highest BCUT2D eigenvalue weighted by Crippen LogP contribution is 2.29. The van der Waals surface area contributed by atoms with E-state index in [0.717, 1.165) is 18.5 Å². The molecule has 2 rings (SSSR count). The second kappa shape index (κ2) is 4.37. The third-order valence-electron chi connectivity index (χ3n) is 2.54. The molecule has 2 atom stereocenters. The van der Waals surface area contributed by atoms with Crippen molar-refractivity contribution in [2.75, 3.05) is 5.32 Å². The predicted octanol–water partition coefficient (Wildman–Crippen LogP) is 3.31. The molecule has 2 nitrogen and oxygen atoms in total. The van der Waals surface area contributed by atoms with Crippen molar-refractivity contribution in [3.05, 3.63) is 23.5 Å². The summed E-state index contributed by atoms with van der Waals surface area (Å²) in [5, 5.41) is 4.23. The van der Waals surface area contributed by atoms with Crippen LogP contribution in [0.25, 0.3) is 0 Å². The number of nitrogens with zero attached hydrogens (tertiary/aromatic N) is 1. The summed E-state index contributed by atoms with van der Waals surface area (Å²) < 4.78 is 0. The van der Waals surface area contributed by atoms with Crippen molar-refractivity contribution >= 4 is 28.9 Å². The molecule has 1 N–H and O–H groups in total. The van der Waals surface area contributed by atoms with Crippen LogP contribution in [0.3, 0.4) is 0 Å². The molecule has 1 saturated carbocycles. The van der Waals surface area contributed by atoms with Gasteiger partial charge >= 0.3 is 0 Å². The first kappa shape index (κ1) is 10.1. The Hall–Kier alpha value is -0.470. The highest BCUT2D eigenvalue weighted by atomic mass is 35.5. The fourth-order valence-electron chi connectivity index (χ4n) is 1.77. The van der Waals surface area contributed by atoms with Gasteiger partial charge in [-0.2, -0.15) is 0 Å². The lowest BCUT2D eigenvalue weighted by Gasteiger charge is -2.17. The van der Waals surface area contributed by atoms with E-state index in [1.54, 1.807) is 12.4 Å². The Balaban J connectivity index is 2.07. The number of aromatic nitrogens is 1. The zero-order valence-electron chi connectivity index (χ0n) is 7.71. The molecule has 14 heavy (non-hydrogen) atoms. The monoisotopic (exact) mass is 230 g/mol. The maximum atomic E-state index is 6.16. The number of halogens is 2. The summed E-state index contributed by atoms with van der Waals surface area (Å²) in [6, 6.07) is 2.22. The van der Waals surface area contributed by atoms with Crippen molar-refractivity contribution < 1.29 is 0 Å². The van der Waals surface area contributed by atoms with Crippen LogP contribution in [0.5, 0.6) is 0 Å². The summed E-state index contributed by atoms with van der Waals surface area (Å²) >= 11 is 12.1. The summed E-state index contributed by atoms with van der Waals surface area (Å²) in [4.78, 5) is 3.93. The fourth-order valence-corrected chi connectivity index (χ4v) is 2.29. The molecule has 0 spiro atoms. The second-order valence-electron chi connectivity index (χ2n) is 3.55. The lowest BCUT2D eigenvalue weighted by atomic mass is 10.2. The van der Waals surface area contributed by atoms with Crippen molar-refractivity contribution in [1.82, 2.24) is 4.98 Å². The fraction of sp³-hybridized carbons (Fsp3) is 0.500. The first-order chi connectivity index (χ1) is 6.77. The molecule has 1 aliphatic rings. The lowest BCUT2D eigenvalue weighted by molar-refractivity contribution is 0.761. The van der Waals surface area contributed by atoms with Crippen LogP contribution in [0, 0.1) is 0 Å². The Morgan fingerprint density at radius 1 is 1.43 bits per heavy atom. The molecule has 1 aliphatic carbocycles. The number of alkyl halides is 1. The normalized spacial score (nSPS) is 26.4. The van der Waals surface area contributed by atoms with Crippen LogP contribution in [-0.2, 0) is 0 Å². The number of nitrogens with one attached hydrogen (secondary N) is 1. The highest BCUT2D eigenvalue weighted by molar-refractivity contribution is 6.33. The van der Waals surface area contributed by atoms with Crippen molar-refractivity contribution in [3.8, 4) is 0 Å². The Morgan fingerprint density at radius 2 is 2.29 bits per heavy atom. The number of hydrogen-bond donors (Lipinski definition) is 1. The maximum Gasteiger partial charge on any atom is 0.0820 e. The molecule has 76 valence electrons. The van der Waals surface area contributed by atoms with Gasteiger partial charge in [-0.05, 0) is 25.3 Å². The quantitative estimate of drug-likeness (QED) is 0.790. The van der Waals surface area contributed by atoms with Crippen LogP contribution in [0.2, 0.25) is 5.02 Å². The van der Waals surface area contributed by atoms with E-state index in [1.807, 2.05) is 6.07 Å². The van der Waals surface area contributed by atoms with Crippen LogP contribution < -0.4 is 5.32 Å². The van der Waals surface area contributed by atoms with Crippen LogP contribution in [0.4, 0.5) is 5.69 Å². The van der Waals surface area contributed by atoms with Crippen LogP contribution in [-0.4, -0.2) is 16.4 Å². The van der Waals surface area contributed by atoms with E-state index in [9.17, 15) is 0 Å². The highest BCUT2D eigenvalue weighted by Gasteiger charge is 2.25. The van der Waals surface area contributed by atoms with Crippen molar-refractivity contribution in [3.63, 3.8) is 0 Å². The zero-order chi connectivity index (χ0) is 9.97. The van der Waals surface area contributed by atoms with Crippen LogP contribution in [0.15, 0.2) is 18.5 Å². The predicted molar refractivity (Wildman–Crippen MR) is 60.1 cm³/mol. The summed E-state index contributed by atoms with van der Waals surface area (Å²) in [5.74, 6) is 0. The SMILES string of the molecule is Clc1cnccc1NC1CCCC1Cl. The van der Waals surface area contributed by atoms with E-state index >= 15 is 0 Å². The lowest BCUT2D eigenvalue weighted by Crippen LogP contribution is -2.24. The Bertz CT molecular complexity index is 317. The first-order valence-corrected chi connectivity index (χ1v) is 5.59. The molecular formula is C10H12Cl2N2. The van der Waals surface area contributed by atoms with Gasteiger partial charge in [0, 0.05) is 18.4 Å². The second-order valence-corrected chi connectivity index (χ2v) is 4.52. The number of rotatable bonds is 2. The van der Waals surface area contributed by atoms with Gasteiger partial charge in [0.1, 0.15) is 0 Å². The van der Waals surface area contributed by atoms with Crippen molar-refractivity contribution in [2.24, 2.45) is 0 Å². The van der Waals surface area contributed by atoms with E-state index in [1.165, 1.54) is 6.42 Å². The van der Waals surface area contributed by atoms with E-state index in [4.69, 9.17) is 23.2 Å². The molecule has 0 radical (unpaired) electrons. The number of anilines is 1. The molecule has 2 unspecified atom stereocenters. The van der Waals surface area contributed by atoms with Gasteiger partial charge in [-0.3, -0.25) is 4.98 Å². The topological polar surface area (TPSA) is 24.9 Å². The Labute approximate surface area is 93.6 Å². The van der Waals surface area contributed by atoms with E-state index in [2.05, 4.69) is 10.3 Å². The molecule has 0 saturated heterocycles. The standard InChI is InChI=1S/C10H12Cl2N2/c11-7-2-1-3-9(7)14-10-4-5-13-6-8(10)12/h4-7,9H,1-3H2,(H,13,14). The van der Waals surface area contributed by atoms with Crippen LogP contribution in [0.1, 0.15) is 19.3 Å². The molecule has 0 bridgehead atoms. The molecule has 4 heteroatoms. The molecule has 1 aromatic rings. The largest absolute Gasteiger partial charge is 0.380 e. The Kier molecular flexibility index (Phi) is 3.14. The van der Waals surface area contributed by atoms with Crippen molar-refractivity contribution in [2.45, 2.75) is 30.7 Å². The Morgan fingerprint density at radius 3 is 2.93 bits per heavy atom. The zero-order valence-corrected chi connectivity index (χ0v) is 9.22. The molecule has 0 aliphatic heterocycles. The van der Waals surface area contributed by atoms with E-state index in [-0.39, 0.29) is 5.38 Å². The summed E-state index contributed by atoms with van der Waals surface area (Å²) in [6.07, 6.45) is 6.76. The minimum Gasteiger partial charge on any atom is -0.380 e. The molecular weight excluding hydrogens is 219 g/mol. The summed E-state index contributed by atoms with van der Waals surface area (Å²) in [6.45, 7) is 0. The van der Waals surface area contributed by atoms with Gasteiger partial charge in [0.25, 0.3) is 0 Å². The maximum absolute atomic E-state index is 6.16. The average Bonchev–Trinajstić information content (AvgIpc) is 2.56. The molecule has 1 fully saturated rings. The molecule has 1 aromatic heterocycles. The average molecular weight is 231 g/mol. The van der Waals surface area contributed by atoms with Gasteiger partial charge in [0.05, 0.1) is 16.1 Å². The minimum absolute atomic E-state index is 0.222. The third-order valence-corrected chi connectivity index (χ3v) is 3.37. The van der Waals surface area contributed by atoms with Crippen molar-refractivity contribution in [1.29, 1.82) is 0 Å². The van der Waals surface area contributed by atoms with E-state index in [0.29, 0.717) is 11.1 Å². The smallest absolute Gasteiger partial charge is 0.0820 e. The van der Waals surface area contributed by atoms with E-state index < -0.39 is 0 Å². The molecule has 0 aromatic carbocycles. The number of pyridine rings is 1. The van der Waals surface area contributed by atoms with Crippen LogP contribution >= 0.6 is 23.2 Å². The number of hydrogen-bond acceptors (Lipinski definition) is 2. The van der Waals surface area contributed by atoms with Gasteiger partial charge in [-0.15, -0.1) is 11.6 Å². The van der Waals surface area contributed by atoms with Gasteiger partial charge in [-0.1, -0.05) is 11.6 Å². The van der Waals surface area contributed by atoms with Gasteiger partial charge < -0.3 is 5.32 Å². The minimum atomic E-state index is 0.222. The van der Waals surface area contributed by atoms with Gasteiger partial charge in [0.15, 0.2) is 0 Å². The molecule has 0 amide bonds. The van der Waals surface area contributed by atoms with Gasteiger partial charge in [0.2, 0.25) is 0 Å². The summed E-state index contributed by atoms with van der Waals surface area (Å²) in [7, 11) is 0. The summed E-state index contributed by atoms with van der Waals surface area (Å²) in [5.41, 5.74) is 0.930. The third kappa shape index (κ3) is 2.12. The first-order valence-electron chi connectivity index (χ1n) is 4.77. The van der Waals surface area contributed by atoms with Gasteiger partial charge in [-0.25, -0.2) is 0 Å². The molecule has 1 heterocycles.